The molecule has 0 radical (unpaired) electrons. The van der Waals surface area contributed by atoms with E-state index in [9.17, 15) is 9.90 Å². The number of hydrogen-bond acceptors (Lipinski definition) is 3. The van der Waals surface area contributed by atoms with E-state index in [1.54, 1.807) is 16.7 Å². The molecule has 0 atom stereocenters. The SMILES string of the molecule is CC(C)(C)c1cc(O)c(Sc2cc(Cl)c(Cl)cc2Cl)c(=O)n1-c1ccccc1. The molecule has 7 heteroatoms. The van der Waals surface area contributed by atoms with Gasteiger partial charge < -0.3 is 5.11 Å². The molecular formula is C21H18Cl3NO2S. The Balaban J connectivity index is 2.24. The molecule has 1 heterocycles. The standard InChI is InChI=1S/C21H18Cl3NO2S/c1-21(2,3)18-11-16(26)19(20(27)25(18)12-7-5-4-6-8-12)28-17-10-14(23)13(22)9-15(17)24/h4-11,26H,1-3H3. The topological polar surface area (TPSA) is 42.2 Å². The first-order valence-electron chi connectivity index (χ1n) is 8.47. The Hall–Kier alpha value is -1.59. The van der Waals surface area contributed by atoms with Crippen molar-refractivity contribution in [1.82, 2.24) is 4.57 Å². The molecule has 0 saturated carbocycles. The lowest BCUT2D eigenvalue weighted by Gasteiger charge is -2.25. The predicted molar refractivity (Wildman–Crippen MR) is 118 cm³/mol. The molecule has 0 aliphatic rings. The van der Waals surface area contributed by atoms with Crippen LogP contribution >= 0.6 is 46.6 Å². The summed E-state index contributed by atoms with van der Waals surface area (Å²) >= 11 is 19.4. The summed E-state index contributed by atoms with van der Waals surface area (Å²) < 4.78 is 1.62. The highest BCUT2D eigenvalue weighted by molar-refractivity contribution is 7.99. The Morgan fingerprint density at radius 3 is 2.14 bits per heavy atom. The second-order valence-corrected chi connectivity index (χ2v) is 9.54. The van der Waals surface area contributed by atoms with E-state index in [0.29, 0.717) is 25.7 Å². The van der Waals surface area contributed by atoms with Crippen molar-refractivity contribution < 1.29 is 5.11 Å². The van der Waals surface area contributed by atoms with Crippen LogP contribution in [0.3, 0.4) is 0 Å². The van der Waals surface area contributed by atoms with Crippen molar-refractivity contribution in [3.05, 3.63) is 79.6 Å². The normalized spacial score (nSPS) is 11.6. The quantitative estimate of drug-likeness (QED) is 0.435. The van der Waals surface area contributed by atoms with Crippen LogP contribution in [0.2, 0.25) is 15.1 Å². The predicted octanol–water partition coefficient (Wildman–Crippen LogP) is 6.95. The van der Waals surface area contributed by atoms with Gasteiger partial charge in [-0.3, -0.25) is 9.36 Å². The molecule has 0 bridgehead atoms. The van der Waals surface area contributed by atoms with Crippen LogP contribution in [0.15, 0.2) is 63.1 Å². The van der Waals surface area contributed by atoms with E-state index >= 15 is 0 Å². The number of rotatable bonds is 3. The molecule has 28 heavy (non-hydrogen) atoms. The van der Waals surface area contributed by atoms with Gasteiger partial charge in [0.25, 0.3) is 5.56 Å². The van der Waals surface area contributed by atoms with Crippen LogP contribution in [-0.4, -0.2) is 9.67 Å². The Morgan fingerprint density at radius 2 is 1.54 bits per heavy atom. The molecule has 3 nitrogen and oxygen atoms in total. The minimum atomic E-state index is -0.364. The third-order valence-electron chi connectivity index (χ3n) is 4.11. The summed E-state index contributed by atoms with van der Waals surface area (Å²) in [6, 6.07) is 14.1. The van der Waals surface area contributed by atoms with Crippen molar-refractivity contribution in [3.63, 3.8) is 0 Å². The zero-order chi connectivity index (χ0) is 20.6. The molecule has 146 valence electrons. The van der Waals surface area contributed by atoms with Gasteiger partial charge in [0, 0.05) is 27.8 Å². The number of hydrogen-bond donors (Lipinski definition) is 1. The fourth-order valence-electron chi connectivity index (χ4n) is 2.75. The molecule has 0 fully saturated rings. The van der Waals surface area contributed by atoms with Gasteiger partial charge in [-0.2, -0.15) is 0 Å². The Labute approximate surface area is 182 Å². The van der Waals surface area contributed by atoms with Crippen molar-refractivity contribution in [2.24, 2.45) is 0 Å². The minimum absolute atomic E-state index is 0.103. The summed E-state index contributed by atoms with van der Waals surface area (Å²) in [5.41, 5.74) is 0.727. The number of nitrogens with zero attached hydrogens (tertiary/aromatic N) is 1. The lowest BCUT2D eigenvalue weighted by Crippen LogP contribution is -2.29. The molecule has 0 unspecified atom stereocenters. The first-order valence-corrected chi connectivity index (χ1v) is 10.4. The van der Waals surface area contributed by atoms with Crippen LogP contribution in [0.5, 0.6) is 5.75 Å². The lowest BCUT2D eigenvalue weighted by atomic mass is 9.90. The third-order valence-corrected chi connectivity index (χ3v) is 6.41. The number of para-hydroxylation sites is 1. The third kappa shape index (κ3) is 4.20. The van der Waals surface area contributed by atoms with Crippen LogP contribution in [0, 0.1) is 0 Å². The van der Waals surface area contributed by atoms with E-state index in [1.165, 1.54) is 6.07 Å². The van der Waals surface area contributed by atoms with Gasteiger partial charge in [0.2, 0.25) is 0 Å². The van der Waals surface area contributed by atoms with Crippen molar-refractivity contribution >= 4 is 46.6 Å². The van der Waals surface area contributed by atoms with Gasteiger partial charge in [-0.15, -0.1) is 0 Å². The zero-order valence-electron chi connectivity index (χ0n) is 15.5. The van der Waals surface area contributed by atoms with Gasteiger partial charge >= 0.3 is 0 Å². The van der Waals surface area contributed by atoms with Crippen LogP contribution in [0.25, 0.3) is 5.69 Å². The second-order valence-electron chi connectivity index (χ2n) is 7.27. The molecular weight excluding hydrogens is 437 g/mol. The zero-order valence-corrected chi connectivity index (χ0v) is 18.5. The van der Waals surface area contributed by atoms with Crippen LogP contribution < -0.4 is 5.56 Å². The molecule has 0 saturated heterocycles. The highest BCUT2D eigenvalue weighted by atomic mass is 35.5. The van der Waals surface area contributed by atoms with Gasteiger partial charge in [-0.05, 0) is 24.3 Å². The van der Waals surface area contributed by atoms with E-state index in [-0.39, 0.29) is 21.6 Å². The van der Waals surface area contributed by atoms with Gasteiger partial charge in [0.05, 0.1) is 15.1 Å². The number of aromatic hydroxyl groups is 1. The maximum atomic E-state index is 13.4. The summed E-state index contributed by atoms with van der Waals surface area (Å²) in [5, 5.41) is 11.6. The smallest absolute Gasteiger partial charge is 0.273 e. The van der Waals surface area contributed by atoms with Gasteiger partial charge in [-0.25, -0.2) is 0 Å². The second kappa shape index (κ2) is 8.03. The maximum absolute atomic E-state index is 13.4. The summed E-state index contributed by atoms with van der Waals surface area (Å²) in [4.78, 5) is 14.1. The highest BCUT2D eigenvalue weighted by Crippen LogP contribution is 2.41. The highest BCUT2D eigenvalue weighted by Gasteiger charge is 2.25. The average molecular weight is 455 g/mol. The number of halogens is 3. The largest absolute Gasteiger partial charge is 0.506 e. The van der Waals surface area contributed by atoms with Crippen LogP contribution in [-0.2, 0) is 5.41 Å². The van der Waals surface area contributed by atoms with Gasteiger partial charge in [0.15, 0.2) is 0 Å². The number of aromatic nitrogens is 1. The van der Waals surface area contributed by atoms with Gasteiger partial charge in [-0.1, -0.05) is 85.5 Å². The fourth-order valence-corrected chi connectivity index (χ4v) is 4.38. The van der Waals surface area contributed by atoms with Crippen molar-refractivity contribution in [1.29, 1.82) is 0 Å². The molecule has 0 spiro atoms. The Morgan fingerprint density at radius 1 is 0.929 bits per heavy atom. The van der Waals surface area contributed by atoms with Crippen molar-refractivity contribution in [2.75, 3.05) is 0 Å². The van der Waals surface area contributed by atoms with Crippen LogP contribution in [0.4, 0.5) is 0 Å². The maximum Gasteiger partial charge on any atom is 0.273 e. The molecule has 3 rings (SSSR count). The summed E-state index contributed by atoms with van der Waals surface area (Å²) in [7, 11) is 0. The Kier molecular flexibility index (Phi) is 6.06. The molecule has 2 aromatic carbocycles. The molecule has 3 aromatic rings. The molecule has 0 aliphatic carbocycles. The van der Waals surface area contributed by atoms with E-state index in [2.05, 4.69) is 0 Å². The van der Waals surface area contributed by atoms with Gasteiger partial charge in [0.1, 0.15) is 10.6 Å². The van der Waals surface area contributed by atoms with E-state index < -0.39 is 0 Å². The first-order chi connectivity index (χ1) is 13.1. The van der Waals surface area contributed by atoms with Crippen molar-refractivity contribution in [2.45, 2.75) is 36.0 Å². The molecule has 0 aliphatic heterocycles. The molecule has 0 amide bonds. The number of benzene rings is 2. The summed E-state index contributed by atoms with van der Waals surface area (Å²) in [6.45, 7) is 5.97. The summed E-state index contributed by atoms with van der Waals surface area (Å²) in [6.07, 6.45) is 0. The van der Waals surface area contributed by atoms with Crippen molar-refractivity contribution in [3.8, 4) is 11.4 Å². The molecule has 1 N–H and O–H groups in total. The van der Waals surface area contributed by atoms with E-state index in [4.69, 9.17) is 34.8 Å². The fraction of sp³-hybridized carbons (Fsp3) is 0.190. The van der Waals surface area contributed by atoms with E-state index in [1.807, 2.05) is 51.1 Å². The Bertz CT molecular complexity index is 1090. The molecule has 1 aromatic heterocycles. The van der Waals surface area contributed by atoms with Crippen LogP contribution in [0.1, 0.15) is 26.5 Å². The van der Waals surface area contributed by atoms with E-state index in [0.717, 1.165) is 17.4 Å². The average Bonchev–Trinajstić information content (AvgIpc) is 2.62. The monoisotopic (exact) mass is 453 g/mol. The summed E-state index contributed by atoms with van der Waals surface area (Å²) in [5.74, 6) is -0.103. The minimum Gasteiger partial charge on any atom is -0.506 e. The first kappa shape index (κ1) is 21.1. The lowest BCUT2D eigenvalue weighted by molar-refractivity contribution is 0.448. The number of pyridine rings is 1.